The van der Waals surface area contributed by atoms with Crippen LogP contribution in [0.3, 0.4) is 0 Å². The van der Waals surface area contributed by atoms with Gasteiger partial charge in [0.2, 0.25) is 5.91 Å². The first kappa shape index (κ1) is 18.0. The van der Waals surface area contributed by atoms with Gasteiger partial charge in [-0.25, -0.2) is 8.78 Å². The molecule has 0 N–H and O–H groups in total. The van der Waals surface area contributed by atoms with Gasteiger partial charge in [0.05, 0.1) is 0 Å². The summed E-state index contributed by atoms with van der Waals surface area (Å²) in [4.78, 5) is 28.0. The maximum absolute atomic E-state index is 13.3. The molecule has 0 aliphatic carbocycles. The third-order valence-electron chi connectivity index (χ3n) is 4.56. The van der Waals surface area contributed by atoms with Crippen LogP contribution < -0.4 is 0 Å². The largest absolute Gasteiger partial charge is 0.339 e. The van der Waals surface area contributed by atoms with Crippen LogP contribution in [0, 0.1) is 11.6 Å². The van der Waals surface area contributed by atoms with Crippen molar-refractivity contribution in [2.24, 2.45) is 0 Å². The molecule has 0 aromatic heterocycles. The Bertz CT molecular complexity index is 788. The van der Waals surface area contributed by atoms with Crippen LogP contribution in [0.15, 0.2) is 48.5 Å². The van der Waals surface area contributed by atoms with Gasteiger partial charge in [-0.15, -0.1) is 0 Å². The summed E-state index contributed by atoms with van der Waals surface area (Å²) in [6.45, 7) is 1.66. The van der Waals surface area contributed by atoms with Crippen LogP contribution >= 0.6 is 0 Å². The molecule has 0 unspecified atom stereocenters. The van der Waals surface area contributed by atoms with Crippen LogP contribution in [0.4, 0.5) is 8.78 Å². The molecule has 2 aromatic rings. The Morgan fingerprint density at radius 3 is 2.15 bits per heavy atom. The minimum Gasteiger partial charge on any atom is -0.339 e. The molecule has 0 spiro atoms. The van der Waals surface area contributed by atoms with Crippen molar-refractivity contribution in [3.05, 3.63) is 71.3 Å². The first-order valence-electron chi connectivity index (χ1n) is 8.60. The lowest BCUT2D eigenvalue weighted by molar-refractivity contribution is -0.132. The fourth-order valence-corrected chi connectivity index (χ4v) is 3.02. The highest BCUT2D eigenvalue weighted by atomic mass is 19.2. The molecule has 1 saturated heterocycles. The Morgan fingerprint density at radius 1 is 0.846 bits per heavy atom. The van der Waals surface area contributed by atoms with Gasteiger partial charge in [-0.2, -0.15) is 0 Å². The topological polar surface area (TPSA) is 40.6 Å². The second-order valence-corrected chi connectivity index (χ2v) is 6.29. The molecule has 2 aromatic carbocycles. The first-order chi connectivity index (χ1) is 12.5. The highest BCUT2D eigenvalue weighted by Gasteiger charge is 2.25. The Hall–Kier alpha value is -2.76. The zero-order valence-corrected chi connectivity index (χ0v) is 14.3. The summed E-state index contributed by atoms with van der Waals surface area (Å²) in [5.74, 6) is -2.30. The Labute approximate surface area is 151 Å². The molecule has 136 valence electrons. The van der Waals surface area contributed by atoms with E-state index in [1.165, 1.54) is 6.07 Å². The van der Waals surface area contributed by atoms with Gasteiger partial charge >= 0.3 is 0 Å². The number of halogens is 2. The van der Waals surface area contributed by atoms with Crippen molar-refractivity contribution >= 4 is 11.8 Å². The van der Waals surface area contributed by atoms with E-state index in [2.05, 4.69) is 0 Å². The monoisotopic (exact) mass is 358 g/mol. The molecule has 1 heterocycles. The van der Waals surface area contributed by atoms with Gasteiger partial charge in [0, 0.05) is 38.2 Å². The fourth-order valence-electron chi connectivity index (χ4n) is 3.02. The summed E-state index contributed by atoms with van der Waals surface area (Å²) < 4.78 is 26.3. The van der Waals surface area contributed by atoms with Crippen molar-refractivity contribution in [3.8, 4) is 0 Å². The zero-order valence-electron chi connectivity index (χ0n) is 14.3. The molecule has 1 fully saturated rings. The number of piperazine rings is 1. The molecule has 2 amide bonds. The first-order valence-corrected chi connectivity index (χ1v) is 8.60. The van der Waals surface area contributed by atoms with E-state index in [1.54, 1.807) is 9.80 Å². The molecular formula is C20H20F2N2O2. The maximum Gasteiger partial charge on any atom is 0.254 e. The normalized spacial score (nSPS) is 14.4. The third-order valence-corrected chi connectivity index (χ3v) is 4.56. The number of carbonyl (C=O) groups is 2. The second-order valence-electron chi connectivity index (χ2n) is 6.29. The van der Waals surface area contributed by atoms with Gasteiger partial charge in [0.25, 0.3) is 5.91 Å². The van der Waals surface area contributed by atoms with E-state index in [-0.39, 0.29) is 17.4 Å². The maximum atomic E-state index is 13.3. The van der Waals surface area contributed by atoms with E-state index >= 15 is 0 Å². The Kier molecular flexibility index (Phi) is 5.61. The second kappa shape index (κ2) is 8.08. The highest BCUT2D eigenvalue weighted by Crippen LogP contribution is 2.14. The van der Waals surface area contributed by atoms with Gasteiger partial charge in [0.15, 0.2) is 11.6 Å². The van der Waals surface area contributed by atoms with Gasteiger partial charge in [0.1, 0.15) is 0 Å². The van der Waals surface area contributed by atoms with Gasteiger partial charge in [-0.1, -0.05) is 30.3 Å². The number of amides is 2. The van der Waals surface area contributed by atoms with Crippen molar-refractivity contribution in [1.29, 1.82) is 0 Å². The minimum absolute atomic E-state index is 0.0637. The van der Waals surface area contributed by atoms with Gasteiger partial charge in [-0.05, 0) is 30.2 Å². The smallest absolute Gasteiger partial charge is 0.254 e. The predicted molar refractivity (Wildman–Crippen MR) is 93.6 cm³/mol. The predicted octanol–water partition coefficient (Wildman–Crippen LogP) is 2.88. The standard InChI is InChI=1S/C20H20F2N2O2/c21-17-8-7-16(14-18(17)22)20(26)24-12-10-23(11-13-24)19(25)9-6-15-4-2-1-3-5-15/h1-5,7-8,14H,6,9-13H2. The zero-order chi connectivity index (χ0) is 18.5. The molecule has 3 rings (SSSR count). The molecule has 1 aliphatic heterocycles. The van der Waals surface area contributed by atoms with E-state index in [0.29, 0.717) is 39.0 Å². The summed E-state index contributed by atoms with van der Waals surface area (Å²) in [5.41, 5.74) is 1.24. The van der Waals surface area contributed by atoms with Crippen LogP contribution in [-0.4, -0.2) is 47.8 Å². The summed E-state index contributed by atoms with van der Waals surface area (Å²) in [6.07, 6.45) is 1.12. The fraction of sp³-hybridized carbons (Fsp3) is 0.300. The molecule has 0 saturated carbocycles. The molecule has 6 heteroatoms. The Balaban J connectivity index is 1.51. The molecule has 0 atom stereocenters. The lowest BCUT2D eigenvalue weighted by Crippen LogP contribution is -2.50. The van der Waals surface area contributed by atoms with Crippen molar-refractivity contribution in [2.45, 2.75) is 12.8 Å². The molecule has 4 nitrogen and oxygen atoms in total. The van der Waals surface area contributed by atoms with Crippen molar-refractivity contribution in [1.82, 2.24) is 9.80 Å². The number of benzene rings is 2. The van der Waals surface area contributed by atoms with Crippen LogP contribution in [0.5, 0.6) is 0 Å². The number of rotatable bonds is 4. The average Bonchev–Trinajstić information content (AvgIpc) is 2.68. The summed E-state index contributed by atoms with van der Waals surface area (Å²) in [6, 6.07) is 13.0. The highest BCUT2D eigenvalue weighted by molar-refractivity contribution is 5.94. The lowest BCUT2D eigenvalue weighted by atomic mass is 10.1. The SMILES string of the molecule is O=C(CCc1ccccc1)N1CCN(C(=O)c2ccc(F)c(F)c2)CC1. The van der Waals surface area contributed by atoms with Crippen LogP contribution in [0.1, 0.15) is 22.3 Å². The van der Waals surface area contributed by atoms with E-state index in [9.17, 15) is 18.4 Å². The number of nitrogens with zero attached hydrogens (tertiary/aromatic N) is 2. The van der Waals surface area contributed by atoms with Crippen molar-refractivity contribution < 1.29 is 18.4 Å². The molecule has 0 bridgehead atoms. The number of aryl methyl sites for hydroxylation is 1. The lowest BCUT2D eigenvalue weighted by Gasteiger charge is -2.35. The third kappa shape index (κ3) is 4.25. The van der Waals surface area contributed by atoms with Crippen LogP contribution in [0.25, 0.3) is 0 Å². The summed E-state index contributed by atoms with van der Waals surface area (Å²) >= 11 is 0. The average molecular weight is 358 g/mol. The van der Waals surface area contributed by atoms with E-state index < -0.39 is 11.6 Å². The molecular weight excluding hydrogens is 338 g/mol. The minimum atomic E-state index is -1.04. The van der Waals surface area contributed by atoms with Crippen LogP contribution in [0.2, 0.25) is 0 Å². The van der Waals surface area contributed by atoms with Crippen molar-refractivity contribution in [2.75, 3.05) is 26.2 Å². The number of hydrogen-bond acceptors (Lipinski definition) is 2. The van der Waals surface area contributed by atoms with E-state index in [4.69, 9.17) is 0 Å². The van der Waals surface area contributed by atoms with Crippen molar-refractivity contribution in [3.63, 3.8) is 0 Å². The molecule has 26 heavy (non-hydrogen) atoms. The van der Waals surface area contributed by atoms with E-state index in [1.807, 2.05) is 30.3 Å². The summed E-state index contributed by atoms with van der Waals surface area (Å²) in [7, 11) is 0. The molecule has 1 aliphatic rings. The van der Waals surface area contributed by atoms with E-state index in [0.717, 1.165) is 17.7 Å². The molecule has 0 radical (unpaired) electrons. The summed E-state index contributed by atoms with van der Waals surface area (Å²) in [5, 5.41) is 0. The van der Waals surface area contributed by atoms with Gasteiger partial charge in [-0.3, -0.25) is 9.59 Å². The number of hydrogen-bond donors (Lipinski definition) is 0. The Morgan fingerprint density at radius 2 is 1.50 bits per heavy atom. The quantitative estimate of drug-likeness (QED) is 0.843. The number of carbonyl (C=O) groups excluding carboxylic acids is 2. The van der Waals surface area contributed by atoms with Gasteiger partial charge < -0.3 is 9.80 Å². The van der Waals surface area contributed by atoms with Crippen LogP contribution in [-0.2, 0) is 11.2 Å².